The number of rotatable bonds is 3. The Morgan fingerprint density at radius 1 is 0.926 bits per heavy atom. The number of benzene rings is 2. The summed E-state index contributed by atoms with van der Waals surface area (Å²) in [6.45, 7) is 0. The molecule has 0 bridgehead atoms. The molecule has 0 aromatic heterocycles. The zero-order valence-corrected chi connectivity index (χ0v) is 15.3. The van der Waals surface area contributed by atoms with Crippen LogP contribution in [0.25, 0.3) is 11.8 Å². The first-order valence-electron chi connectivity index (χ1n) is 8.19. The Morgan fingerprint density at radius 3 is 2.26 bits per heavy atom. The van der Waals surface area contributed by atoms with E-state index >= 15 is 0 Å². The summed E-state index contributed by atoms with van der Waals surface area (Å²) >= 11 is 0. The second kappa shape index (κ2) is 6.05. The number of ketones is 1. The molecule has 7 heteroatoms. The fraction of sp³-hybridized carbons (Fsp3) is 0.200. The fourth-order valence-electron chi connectivity index (χ4n) is 3.32. The Labute approximate surface area is 155 Å². The van der Waals surface area contributed by atoms with Crippen LogP contribution in [0.4, 0.5) is 0 Å². The van der Waals surface area contributed by atoms with Gasteiger partial charge in [-0.05, 0) is 24.3 Å². The van der Waals surface area contributed by atoms with Gasteiger partial charge in [0.15, 0.2) is 23.0 Å². The highest BCUT2D eigenvalue weighted by molar-refractivity contribution is 6.46. The number of likely N-dealkylation sites (N-methyl/N-ethyl adjacent to an activating group) is 1. The number of amides is 1. The largest absolute Gasteiger partial charge is 0.493 e. The summed E-state index contributed by atoms with van der Waals surface area (Å²) in [5, 5.41) is 0. The first-order valence-corrected chi connectivity index (χ1v) is 8.19. The van der Waals surface area contributed by atoms with Crippen LogP contribution < -0.4 is 18.9 Å². The second-order valence-electron chi connectivity index (χ2n) is 6.09. The molecule has 138 valence electrons. The van der Waals surface area contributed by atoms with Gasteiger partial charge in [0, 0.05) is 24.2 Å². The Kier molecular flexibility index (Phi) is 3.80. The summed E-state index contributed by atoms with van der Waals surface area (Å²) in [6.07, 6.45) is 1.79. The molecule has 0 fully saturated rings. The van der Waals surface area contributed by atoms with Crippen molar-refractivity contribution in [3.8, 4) is 28.7 Å². The van der Waals surface area contributed by atoms with Crippen molar-refractivity contribution >= 4 is 23.5 Å². The average molecular weight is 367 g/mol. The van der Waals surface area contributed by atoms with Crippen LogP contribution in [0.2, 0.25) is 0 Å². The van der Waals surface area contributed by atoms with Gasteiger partial charge in [-0.2, -0.15) is 0 Å². The summed E-state index contributed by atoms with van der Waals surface area (Å²) < 4.78 is 22.3. The first kappa shape index (κ1) is 17.0. The molecule has 0 radical (unpaired) electrons. The molecule has 2 aliphatic heterocycles. The van der Waals surface area contributed by atoms with Crippen molar-refractivity contribution in [3.05, 3.63) is 41.0 Å². The Hall–Kier alpha value is -3.48. The lowest BCUT2D eigenvalue weighted by molar-refractivity contribution is -0.122. The van der Waals surface area contributed by atoms with E-state index in [1.54, 1.807) is 44.5 Å². The van der Waals surface area contributed by atoms with Gasteiger partial charge < -0.3 is 23.8 Å². The van der Waals surface area contributed by atoms with Crippen LogP contribution in [0, 0.1) is 0 Å². The Bertz CT molecular complexity index is 1020. The summed E-state index contributed by atoms with van der Waals surface area (Å²) in [5.74, 6) is 1.16. The molecule has 27 heavy (non-hydrogen) atoms. The highest BCUT2D eigenvalue weighted by atomic mass is 16.5. The van der Waals surface area contributed by atoms with E-state index in [9.17, 15) is 9.59 Å². The second-order valence-corrected chi connectivity index (χ2v) is 6.09. The molecule has 2 heterocycles. The third kappa shape index (κ3) is 2.35. The molecule has 7 nitrogen and oxygen atoms in total. The average Bonchev–Trinajstić information content (AvgIpc) is 2.86. The molecule has 0 spiro atoms. The van der Waals surface area contributed by atoms with Gasteiger partial charge >= 0.3 is 0 Å². The normalized spacial score (nSPS) is 14.5. The van der Waals surface area contributed by atoms with E-state index in [-0.39, 0.29) is 5.56 Å². The lowest BCUT2D eigenvalue weighted by Gasteiger charge is -2.28. The molecule has 2 aliphatic rings. The smallest absolute Gasteiger partial charge is 0.299 e. The molecule has 0 unspecified atom stereocenters. The van der Waals surface area contributed by atoms with Crippen molar-refractivity contribution < 1.29 is 28.5 Å². The minimum absolute atomic E-state index is 0.284. The van der Waals surface area contributed by atoms with Crippen molar-refractivity contribution in [1.29, 1.82) is 0 Å². The van der Waals surface area contributed by atoms with Crippen LogP contribution in [0.15, 0.2) is 24.3 Å². The fourth-order valence-corrected chi connectivity index (χ4v) is 3.32. The van der Waals surface area contributed by atoms with Crippen LogP contribution in [0.3, 0.4) is 0 Å². The number of nitrogens with zero attached hydrogens (tertiary/aromatic N) is 1. The number of hydrogen-bond donors (Lipinski definition) is 0. The number of hydrogen-bond acceptors (Lipinski definition) is 6. The summed E-state index contributed by atoms with van der Waals surface area (Å²) in [7, 11) is 6.16. The van der Waals surface area contributed by atoms with Gasteiger partial charge in [-0.1, -0.05) is 0 Å². The van der Waals surface area contributed by atoms with Gasteiger partial charge in [-0.3, -0.25) is 9.59 Å². The first-order chi connectivity index (χ1) is 13.0. The van der Waals surface area contributed by atoms with Crippen LogP contribution in [-0.2, 0) is 4.79 Å². The van der Waals surface area contributed by atoms with Gasteiger partial charge in [0.05, 0.1) is 32.6 Å². The van der Waals surface area contributed by atoms with Crippen LogP contribution in [0.1, 0.15) is 21.5 Å². The van der Waals surface area contributed by atoms with E-state index in [0.717, 1.165) is 0 Å². The van der Waals surface area contributed by atoms with Gasteiger partial charge in [0.2, 0.25) is 0 Å². The van der Waals surface area contributed by atoms with Gasteiger partial charge in [-0.15, -0.1) is 0 Å². The molecule has 0 saturated carbocycles. The quantitative estimate of drug-likeness (QED) is 0.777. The minimum Gasteiger partial charge on any atom is -0.493 e. The molecule has 0 aliphatic carbocycles. The van der Waals surface area contributed by atoms with Gasteiger partial charge in [-0.25, -0.2) is 0 Å². The molecular formula is C20H17NO6. The van der Waals surface area contributed by atoms with Crippen LogP contribution >= 0.6 is 0 Å². The maximum absolute atomic E-state index is 12.5. The van der Waals surface area contributed by atoms with Gasteiger partial charge in [0.25, 0.3) is 11.7 Å². The SMILES string of the molecule is COc1cc2c(cc1OC)Oc1c(OC)ccc3c1C(=C2)N(C)C(=O)C3=O. The van der Waals surface area contributed by atoms with Crippen molar-refractivity contribution in [2.45, 2.75) is 0 Å². The van der Waals surface area contributed by atoms with E-state index in [1.807, 2.05) is 0 Å². The number of methoxy groups -OCH3 is 3. The number of fused-ring (bicyclic) bond motifs is 1. The lowest BCUT2D eigenvalue weighted by atomic mass is 9.93. The van der Waals surface area contributed by atoms with E-state index in [2.05, 4.69) is 0 Å². The molecule has 0 N–H and O–H groups in total. The topological polar surface area (TPSA) is 74.3 Å². The van der Waals surface area contributed by atoms with E-state index in [0.29, 0.717) is 45.6 Å². The monoisotopic (exact) mass is 367 g/mol. The summed E-state index contributed by atoms with van der Waals surface area (Å²) in [5.41, 5.74) is 2.04. The summed E-state index contributed by atoms with van der Waals surface area (Å²) in [4.78, 5) is 26.2. The highest BCUT2D eigenvalue weighted by Crippen LogP contribution is 2.49. The molecular weight excluding hydrogens is 350 g/mol. The Morgan fingerprint density at radius 2 is 1.59 bits per heavy atom. The van der Waals surface area contributed by atoms with Crippen LogP contribution in [-0.4, -0.2) is 45.0 Å². The molecule has 0 saturated heterocycles. The Balaban J connectivity index is 2.06. The lowest BCUT2D eigenvalue weighted by Crippen LogP contribution is -2.37. The number of ether oxygens (including phenoxy) is 4. The number of carbonyl (C=O) groups is 2. The molecule has 2 aromatic carbocycles. The molecule has 1 amide bonds. The molecule has 2 aromatic rings. The standard InChI is InChI=1S/C20H17NO6/c1-21-12-7-10-8-15(25-3)16(26-4)9-14(10)27-19-13(24-2)6-5-11(17(12)19)18(22)20(21)23/h5-9H,1-4H3. The molecule has 4 rings (SSSR count). The maximum Gasteiger partial charge on any atom is 0.299 e. The summed E-state index contributed by atoms with van der Waals surface area (Å²) in [6, 6.07) is 6.66. The predicted molar refractivity (Wildman–Crippen MR) is 97.6 cm³/mol. The minimum atomic E-state index is -0.603. The van der Waals surface area contributed by atoms with Crippen molar-refractivity contribution in [2.75, 3.05) is 28.4 Å². The third-order valence-corrected chi connectivity index (χ3v) is 4.72. The third-order valence-electron chi connectivity index (χ3n) is 4.72. The van der Waals surface area contributed by atoms with E-state index in [1.165, 1.54) is 19.1 Å². The zero-order valence-electron chi connectivity index (χ0n) is 15.3. The van der Waals surface area contributed by atoms with Crippen molar-refractivity contribution in [1.82, 2.24) is 4.90 Å². The highest BCUT2D eigenvalue weighted by Gasteiger charge is 2.38. The zero-order chi connectivity index (χ0) is 19.3. The molecule has 0 atom stereocenters. The van der Waals surface area contributed by atoms with Crippen LogP contribution in [0.5, 0.6) is 28.7 Å². The van der Waals surface area contributed by atoms with Crippen molar-refractivity contribution in [2.24, 2.45) is 0 Å². The van der Waals surface area contributed by atoms with Gasteiger partial charge in [0.1, 0.15) is 5.75 Å². The van der Waals surface area contributed by atoms with E-state index < -0.39 is 11.7 Å². The van der Waals surface area contributed by atoms with E-state index in [4.69, 9.17) is 18.9 Å². The van der Waals surface area contributed by atoms with Crippen molar-refractivity contribution in [3.63, 3.8) is 0 Å². The number of carbonyl (C=O) groups excluding carboxylic acids is 2. The number of Topliss-reactive ketones (excluding diaryl/α,β-unsaturated/α-hetero) is 1. The maximum atomic E-state index is 12.5. The predicted octanol–water partition coefficient (Wildman–Crippen LogP) is 2.97.